The Morgan fingerprint density at radius 1 is 1.26 bits per heavy atom. The van der Waals surface area contributed by atoms with Crippen LogP contribution in [0.3, 0.4) is 0 Å². The highest BCUT2D eigenvalue weighted by Gasteiger charge is 2.23. The van der Waals surface area contributed by atoms with Crippen LogP contribution in [0.5, 0.6) is 0 Å². The molecule has 0 spiro atoms. The lowest BCUT2D eigenvalue weighted by Crippen LogP contribution is -2.40. The molecule has 6 heteroatoms. The Labute approximate surface area is 164 Å². The van der Waals surface area contributed by atoms with E-state index in [1.807, 2.05) is 38.1 Å². The molecule has 1 N–H and O–H groups in total. The predicted octanol–water partition coefficient (Wildman–Crippen LogP) is 4.30. The molecule has 0 bridgehead atoms. The van der Waals surface area contributed by atoms with Gasteiger partial charge in [-0.15, -0.1) is 0 Å². The molecule has 1 aromatic heterocycles. The summed E-state index contributed by atoms with van der Waals surface area (Å²) in [6.45, 7) is 5.97. The van der Waals surface area contributed by atoms with E-state index < -0.39 is 0 Å². The third-order valence-electron chi connectivity index (χ3n) is 5.41. The maximum Gasteiger partial charge on any atom is 0.262 e. The predicted molar refractivity (Wildman–Crippen MR) is 111 cm³/mol. The zero-order valence-electron chi connectivity index (χ0n) is 16.4. The first-order valence-corrected chi connectivity index (χ1v) is 10.9. The fourth-order valence-electron chi connectivity index (χ4n) is 3.56. The minimum Gasteiger partial charge on any atom is -0.352 e. The summed E-state index contributed by atoms with van der Waals surface area (Å²) in [5.41, 5.74) is 0.654. The molecule has 1 heterocycles. The molecule has 5 nitrogen and oxygen atoms in total. The fraction of sp³-hybridized carbons (Fsp3) is 0.571. The van der Waals surface area contributed by atoms with Crippen LogP contribution in [0.2, 0.25) is 0 Å². The smallest absolute Gasteiger partial charge is 0.262 e. The van der Waals surface area contributed by atoms with Gasteiger partial charge in [0.15, 0.2) is 5.16 Å². The van der Waals surface area contributed by atoms with E-state index in [1.165, 1.54) is 31.0 Å². The van der Waals surface area contributed by atoms with Crippen LogP contribution < -0.4 is 10.9 Å². The number of hydrogen-bond donors (Lipinski definition) is 1. The van der Waals surface area contributed by atoms with Gasteiger partial charge in [-0.2, -0.15) is 0 Å². The van der Waals surface area contributed by atoms with E-state index in [2.05, 4.69) is 12.2 Å². The maximum absolute atomic E-state index is 13.0. The van der Waals surface area contributed by atoms with Crippen LogP contribution in [0, 0.1) is 0 Å². The number of rotatable bonds is 6. The van der Waals surface area contributed by atoms with Gasteiger partial charge in [0.05, 0.1) is 16.2 Å². The van der Waals surface area contributed by atoms with Crippen LogP contribution in [-0.2, 0) is 4.79 Å². The molecule has 0 aliphatic heterocycles. The van der Waals surface area contributed by atoms with Gasteiger partial charge in [0.1, 0.15) is 0 Å². The lowest BCUT2D eigenvalue weighted by molar-refractivity contribution is -0.121. The molecule has 1 saturated carbocycles. The molecular formula is C21H29N3O2S. The number of para-hydroxylation sites is 1. The zero-order valence-corrected chi connectivity index (χ0v) is 17.2. The van der Waals surface area contributed by atoms with Crippen LogP contribution in [0.25, 0.3) is 10.9 Å². The lowest BCUT2D eigenvalue weighted by atomic mass is 9.95. The Morgan fingerprint density at radius 3 is 2.67 bits per heavy atom. The van der Waals surface area contributed by atoms with E-state index >= 15 is 0 Å². The summed E-state index contributed by atoms with van der Waals surface area (Å²) in [4.78, 5) is 30.4. The third-order valence-corrected chi connectivity index (χ3v) is 6.48. The van der Waals surface area contributed by atoms with Crippen LogP contribution >= 0.6 is 11.8 Å². The summed E-state index contributed by atoms with van der Waals surface area (Å²) in [5, 5.41) is 4.13. The Balaban J connectivity index is 1.86. The summed E-state index contributed by atoms with van der Waals surface area (Å²) >= 11 is 1.38. The van der Waals surface area contributed by atoms with Crippen LogP contribution in [0.4, 0.5) is 0 Å². The van der Waals surface area contributed by atoms with E-state index in [0.29, 0.717) is 16.1 Å². The highest BCUT2D eigenvalue weighted by molar-refractivity contribution is 8.00. The van der Waals surface area contributed by atoms with Crippen molar-refractivity contribution in [2.24, 2.45) is 0 Å². The molecule has 2 aromatic rings. The molecule has 1 aromatic carbocycles. The molecule has 0 unspecified atom stereocenters. The fourth-order valence-corrected chi connectivity index (χ4v) is 4.58. The second-order valence-electron chi connectivity index (χ2n) is 7.45. The number of nitrogens with zero attached hydrogens (tertiary/aromatic N) is 2. The number of carbonyl (C=O) groups is 1. The Bertz CT molecular complexity index is 858. The summed E-state index contributed by atoms with van der Waals surface area (Å²) in [5.74, 6) is 0.0324. The molecule has 1 amide bonds. The maximum atomic E-state index is 13.0. The van der Waals surface area contributed by atoms with Crippen LogP contribution in [0.1, 0.15) is 65.3 Å². The molecule has 27 heavy (non-hydrogen) atoms. The highest BCUT2D eigenvalue weighted by Crippen LogP contribution is 2.26. The van der Waals surface area contributed by atoms with E-state index in [1.54, 1.807) is 4.57 Å². The van der Waals surface area contributed by atoms with E-state index in [0.717, 1.165) is 19.3 Å². The average molecular weight is 388 g/mol. The molecule has 146 valence electrons. The summed E-state index contributed by atoms with van der Waals surface area (Å²) < 4.78 is 1.75. The molecule has 3 rings (SSSR count). The number of carbonyl (C=O) groups excluding carboxylic acids is 1. The van der Waals surface area contributed by atoms with Crippen molar-refractivity contribution in [1.82, 2.24) is 14.9 Å². The highest BCUT2D eigenvalue weighted by atomic mass is 32.2. The first-order valence-electron chi connectivity index (χ1n) is 9.99. The second kappa shape index (κ2) is 8.91. The number of benzene rings is 1. The van der Waals surface area contributed by atoms with Gasteiger partial charge in [-0.3, -0.25) is 14.2 Å². The SMILES string of the molecule is CC[C@H](C)n1c(S[C@@H](C)C(=O)NC2CCCCC2)nc2ccccc2c1=O. The van der Waals surface area contributed by atoms with Gasteiger partial charge in [-0.05, 0) is 45.2 Å². The number of amides is 1. The Hall–Kier alpha value is -1.82. The summed E-state index contributed by atoms with van der Waals surface area (Å²) in [6, 6.07) is 7.74. The molecule has 1 fully saturated rings. The van der Waals surface area contributed by atoms with Crippen molar-refractivity contribution in [2.45, 2.75) is 81.8 Å². The first kappa shape index (κ1) is 19.9. The van der Waals surface area contributed by atoms with Crippen molar-refractivity contribution in [3.8, 4) is 0 Å². The van der Waals surface area contributed by atoms with E-state index in [-0.39, 0.29) is 28.8 Å². The monoisotopic (exact) mass is 387 g/mol. The minimum atomic E-state index is -0.296. The van der Waals surface area contributed by atoms with Gasteiger partial charge in [0.2, 0.25) is 5.91 Å². The molecule has 0 radical (unpaired) electrons. The molecule has 0 saturated heterocycles. The zero-order chi connectivity index (χ0) is 19.4. The van der Waals surface area contributed by atoms with Crippen molar-refractivity contribution in [2.75, 3.05) is 0 Å². The van der Waals surface area contributed by atoms with Crippen molar-refractivity contribution in [3.05, 3.63) is 34.6 Å². The average Bonchev–Trinajstić information content (AvgIpc) is 2.68. The van der Waals surface area contributed by atoms with E-state index in [4.69, 9.17) is 4.98 Å². The summed E-state index contributed by atoms with van der Waals surface area (Å²) in [7, 11) is 0. The number of fused-ring (bicyclic) bond motifs is 1. The largest absolute Gasteiger partial charge is 0.352 e. The van der Waals surface area contributed by atoms with Gasteiger partial charge in [0, 0.05) is 12.1 Å². The van der Waals surface area contributed by atoms with E-state index in [9.17, 15) is 9.59 Å². The van der Waals surface area contributed by atoms with Gasteiger partial charge in [-0.25, -0.2) is 4.98 Å². The number of thioether (sulfide) groups is 1. The van der Waals surface area contributed by atoms with Gasteiger partial charge in [-0.1, -0.05) is 50.1 Å². The van der Waals surface area contributed by atoms with Crippen molar-refractivity contribution < 1.29 is 4.79 Å². The van der Waals surface area contributed by atoms with Gasteiger partial charge < -0.3 is 5.32 Å². The lowest BCUT2D eigenvalue weighted by Gasteiger charge is -2.25. The van der Waals surface area contributed by atoms with Gasteiger partial charge >= 0.3 is 0 Å². The Morgan fingerprint density at radius 2 is 1.96 bits per heavy atom. The third kappa shape index (κ3) is 4.54. The van der Waals surface area contributed by atoms with Crippen molar-refractivity contribution in [1.29, 1.82) is 0 Å². The van der Waals surface area contributed by atoms with Crippen LogP contribution in [0.15, 0.2) is 34.2 Å². The first-order chi connectivity index (χ1) is 13.0. The molecule has 1 aliphatic carbocycles. The van der Waals surface area contributed by atoms with Gasteiger partial charge in [0.25, 0.3) is 5.56 Å². The standard InChI is InChI=1S/C21H29N3O2S/c1-4-14(2)24-20(26)17-12-8-9-13-18(17)23-21(24)27-15(3)19(25)22-16-10-6-5-7-11-16/h8-9,12-16H,4-7,10-11H2,1-3H3,(H,22,25)/t14-,15-/m0/s1. The number of nitrogens with one attached hydrogen (secondary N) is 1. The Kier molecular flexibility index (Phi) is 6.58. The summed E-state index contributed by atoms with van der Waals surface area (Å²) in [6.07, 6.45) is 6.59. The quantitative estimate of drug-likeness (QED) is 0.593. The molecular weight excluding hydrogens is 358 g/mol. The number of hydrogen-bond acceptors (Lipinski definition) is 4. The molecule has 1 aliphatic rings. The molecule has 2 atom stereocenters. The van der Waals surface area contributed by atoms with Crippen LogP contribution in [-0.4, -0.2) is 26.8 Å². The van der Waals surface area contributed by atoms with Crippen molar-refractivity contribution >= 4 is 28.6 Å². The topological polar surface area (TPSA) is 64.0 Å². The normalized spacial score (nSPS) is 17.6. The number of aromatic nitrogens is 2. The minimum absolute atomic E-state index is 0.0302. The van der Waals surface area contributed by atoms with Crippen molar-refractivity contribution in [3.63, 3.8) is 0 Å². The second-order valence-corrected chi connectivity index (χ2v) is 8.76.